The van der Waals surface area contributed by atoms with Gasteiger partial charge in [-0.3, -0.25) is 4.90 Å². The lowest BCUT2D eigenvalue weighted by Crippen LogP contribution is -2.46. The summed E-state index contributed by atoms with van der Waals surface area (Å²) in [4.78, 5) is 11.8. The molecule has 0 bridgehead atoms. The number of benzene rings is 2. The molecule has 1 aliphatic rings. The molecular formula is C22H23F3N4O2. The first-order valence-electron chi connectivity index (χ1n) is 9.91. The minimum absolute atomic E-state index is 0.299. The zero-order valence-electron chi connectivity index (χ0n) is 17.3. The lowest BCUT2D eigenvalue weighted by atomic mass is 10.1. The largest absolute Gasteiger partial charge is 0.493 e. The zero-order chi connectivity index (χ0) is 22.0. The standard InChI is InChI=1S/C22H23F3N4O2/c1-30-18-8-7-15(13-19(18)31-2)14-28-9-11-29(12-10-28)20-16-5-3-4-6-17(16)26-21(27-20)22(23,24)25/h3-8,13H,9-12,14H2,1-2H3. The first-order valence-corrected chi connectivity index (χ1v) is 9.91. The third-order valence-electron chi connectivity index (χ3n) is 5.36. The summed E-state index contributed by atoms with van der Waals surface area (Å²) in [7, 11) is 3.19. The van der Waals surface area contributed by atoms with Gasteiger partial charge >= 0.3 is 6.18 Å². The molecule has 4 rings (SSSR count). The normalized spacial score (nSPS) is 15.3. The fourth-order valence-corrected chi connectivity index (χ4v) is 3.78. The van der Waals surface area contributed by atoms with Gasteiger partial charge in [0.15, 0.2) is 11.5 Å². The zero-order valence-corrected chi connectivity index (χ0v) is 17.3. The molecule has 9 heteroatoms. The van der Waals surface area contributed by atoms with Gasteiger partial charge in [-0.2, -0.15) is 13.2 Å². The second kappa shape index (κ2) is 8.58. The van der Waals surface area contributed by atoms with Crippen molar-refractivity contribution in [1.29, 1.82) is 0 Å². The van der Waals surface area contributed by atoms with E-state index in [1.165, 1.54) is 0 Å². The Kier molecular flexibility index (Phi) is 5.86. The topological polar surface area (TPSA) is 50.7 Å². The molecule has 1 aromatic heterocycles. The van der Waals surface area contributed by atoms with Crippen molar-refractivity contribution in [2.24, 2.45) is 0 Å². The van der Waals surface area contributed by atoms with Crippen LogP contribution in [0.25, 0.3) is 10.9 Å². The highest BCUT2D eigenvalue weighted by Gasteiger charge is 2.36. The van der Waals surface area contributed by atoms with Crippen molar-refractivity contribution in [2.45, 2.75) is 12.7 Å². The van der Waals surface area contributed by atoms with Crippen LogP contribution in [0.1, 0.15) is 11.4 Å². The number of hydrogen-bond acceptors (Lipinski definition) is 6. The third-order valence-corrected chi connectivity index (χ3v) is 5.36. The number of halogens is 3. The maximum atomic E-state index is 13.3. The summed E-state index contributed by atoms with van der Waals surface area (Å²) in [5, 5.41) is 0.629. The second-order valence-electron chi connectivity index (χ2n) is 7.34. The predicted molar refractivity (Wildman–Crippen MR) is 112 cm³/mol. The van der Waals surface area contributed by atoms with Crippen molar-refractivity contribution < 1.29 is 22.6 Å². The van der Waals surface area contributed by atoms with Crippen LogP contribution in [0.5, 0.6) is 11.5 Å². The highest BCUT2D eigenvalue weighted by atomic mass is 19.4. The number of methoxy groups -OCH3 is 2. The fourth-order valence-electron chi connectivity index (χ4n) is 3.78. The molecule has 1 aliphatic heterocycles. The molecule has 1 saturated heterocycles. The average molecular weight is 432 g/mol. The van der Waals surface area contributed by atoms with Crippen molar-refractivity contribution in [3.63, 3.8) is 0 Å². The number of nitrogens with zero attached hydrogens (tertiary/aromatic N) is 4. The number of aromatic nitrogens is 2. The first kappa shape index (κ1) is 21.2. The summed E-state index contributed by atoms with van der Waals surface area (Å²) in [5.41, 5.74) is 1.38. The summed E-state index contributed by atoms with van der Waals surface area (Å²) >= 11 is 0. The van der Waals surface area contributed by atoms with E-state index in [0.717, 1.165) is 5.56 Å². The molecule has 2 aromatic carbocycles. The number of hydrogen-bond donors (Lipinski definition) is 0. The van der Waals surface area contributed by atoms with Crippen LogP contribution in [0.2, 0.25) is 0 Å². The highest BCUT2D eigenvalue weighted by Crippen LogP contribution is 2.32. The van der Waals surface area contributed by atoms with Crippen LogP contribution in [0.3, 0.4) is 0 Å². The van der Waals surface area contributed by atoms with Gasteiger partial charge in [0.25, 0.3) is 0 Å². The Morgan fingerprint density at radius 3 is 2.29 bits per heavy atom. The van der Waals surface area contributed by atoms with E-state index in [-0.39, 0.29) is 0 Å². The van der Waals surface area contributed by atoms with Gasteiger partial charge in [-0.25, -0.2) is 9.97 Å². The van der Waals surface area contributed by atoms with Crippen molar-refractivity contribution in [3.05, 3.63) is 53.9 Å². The fraction of sp³-hybridized carbons (Fsp3) is 0.364. The van der Waals surface area contributed by atoms with E-state index in [0.29, 0.717) is 60.9 Å². The van der Waals surface area contributed by atoms with Gasteiger partial charge < -0.3 is 14.4 Å². The number of fused-ring (bicyclic) bond motifs is 1. The summed E-state index contributed by atoms with van der Waals surface area (Å²) in [6, 6.07) is 12.6. The first-order chi connectivity index (χ1) is 14.9. The molecule has 31 heavy (non-hydrogen) atoms. The molecule has 164 valence electrons. The summed E-state index contributed by atoms with van der Waals surface area (Å²) in [5.74, 6) is 0.579. The van der Waals surface area contributed by atoms with Gasteiger partial charge in [0.1, 0.15) is 5.82 Å². The Bertz CT molecular complexity index is 1070. The lowest BCUT2D eigenvalue weighted by Gasteiger charge is -2.36. The minimum Gasteiger partial charge on any atom is -0.493 e. The van der Waals surface area contributed by atoms with Crippen molar-refractivity contribution in [1.82, 2.24) is 14.9 Å². The van der Waals surface area contributed by atoms with Crippen LogP contribution in [0.4, 0.5) is 19.0 Å². The minimum atomic E-state index is -4.59. The highest BCUT2D eigenvalue weighted by molar-refractivity contribution is 5.89. The van der Waals surface area contributed by atoms with E-state index in [4.69, 9.17) is 9.47 Å². The maximum Gasteiger partial charge on any atom is 0.451 e. The molecule has 0 radical (unpaired) electrons. The molecule has 0 spiro atoms. The van der Waals surface area contributed by atoms with Gasteiger partial charge in [-0.15, -0.1) is 0 Å². The Labute approximate surface area is 178 Å². The summed E-state index contributed by atoms with van der Waals surface area (Å²) < 4.78 is 50.6. The van der Waals surface area contributed by atoms with Crippen molar-refractivity contribution >= 4 is 16.7 Å². The van der Waals surface area contributed by atoms with E-state index >= 15 is 0 Å². The molecule has 1 fully saturated rings. The van der Waals surface area contributed by atoms with Gasteiger partial charge in [0.05, 0.1) is 19.7 Å². The molecule has 0 amide bonds. The molecule has 0 atom stereocenters. The quantitative estimate of drug-likeness (QED) is 0.608. The van der Waals surface area contributed by atoms with E-state index < -0.39 is 12.0 Å². The summed E-state index contributed by atoms with van der Waals surface area (Å²) in [6.45, 7) is 3.27. The molecule has 0 N–H and O–H groups in total. The number of alkyl halides is 3. The molecule has 6 nitrogen and oxygen atoms in total. The van der Waals surface area contributed by atoms with E-state index in [9.17, 15) is 13.2 Å². The number of rotatable bonds is 5. The van der Waals surface area contributed by atoms with Crippen LogP contribution < -0.4 is 14.4 Å². The number of para-hydroxylation sites is 1. The molecule has 2 heterocycles. The monoisotopic (exact) mass is 432 g/mol. The molecule has 0 aliphatic carbocycles. The van der Waals surface area contributed by atoms with Gasteiger partial charge in [0, 0.05) is 38.1 Å². The van der Waals surface area contributed by atoms with Gasteiger partial charge in [-0.05, 0) is 29.8 Å². The lowest BCUT2D eigenvalue weighted by molar-refractivity contribution is -0.144. The molecule has 0 saturated carbocycles. The van der Waals surface area contributed by atoms with Crippen LogP contribution in [0, 0.1) is 0 Å². The van der Waals surface area contributed by atoms with Crippen LogP contribution in [-0.4, -0.2) is 55.3 Å². The molecular weight excluding hydrogens is 409 g/mol. The number of ether oxygens (including phenoxy) is 2. The van der Waals surface area contributed by atoms with E-state index in [2.05, 4.69) is 14.9 Å². The Morgan fingerprint density at radius 2 is 1.61 bits per heavy atom. The van der Waals surface area contributed by atoms with Crippen molar-refractivity contribution in [2.75, 3.05) is 45.3 Å². The van der Waals surface area contributed by atoms with E-state index in [1.807, 2.05) is 23.1 Å². The Balaban J connectivity index is 1.51. The van der Waals surface area contributed by atoms with Gasteiger partial charge in [-0.1, -0.05) is 18.2 Å². The van der Waals surface area contributed by atoms with E-state index in [1.54, 1.807) is 38.5 Å². The van der Waals surface area contributed by atoms with Crippen molar-refractivity contribution in [3.8, 4) is 11.5 Å². The Hall–Kier alpha value is -3.07. The Morgan fingerprint density at radius 1 is 0.903 bits per heavy atom. The SMILES string of the molecule is COc1ccc(CN2CCN(c3nc(C(F)(F)F)nc4ccccc34)CC2)cc1OC. The number of piperazine rings is 1. The molecule has 0 unspecified atom stereocenters. The maximum absolute atomic E-state index is 13.3. The smallest absolute Gasteiger partial charge is 0.451 e. The van der Waals surface area contributed by atoms with Crippen LogP contribution in [0.15, 0.2) is 42.5 Å². The second-order valence-corrected chi connectivity index (χ2v) is 7.34. The van der Waals surface area contributed by atoms with Crippen LogP contribution >= 0.6 is 0 Å². The summed E-state index contributed by atoms with van der Waals surface area (Å²) in [6.07, 6.45) is -4.59. The van der Waals surface area contributed by atoms with Gasteiger partial charge in [0.2, 0.25) is 5.82 Å². The average Bonchev–Trinajstić information content (AvgIpc) is 2.78. The predicted octanol–water partition coefficient (Wildman–Crippen LogP) is 3.99. The third kappa shape index (κ3) is 4.51. The molecule has 3 aromatic rings. The van der Waals surface area contributed by atoms with Crippen LogP contribution in [-0.2, 0) is 12.7 Å². The number of anilines is 1.